The van der Waals surface area contributed by atoms with Crippen LogP contribution in [0.4, 0.5) is 0 Å². The molecular weight excluding hydrogens is 252 g/mol. The Morgan fingerprint density at radius 2 is 2.15 bits per heavy atom. The fourth-order valence-corrected chi connectivity index (χ4v) is 2.33. The molecule has 2 rings (SSSR count). The molecule has 1 saturated heterocycles. The standard InChI is InChI=1S/C16H24N2O2/c1-12(2)18-16(19)14-5-7-15(8-6-14)20-11-13-4-3-9-17-10-13/h5-8,12-13,17H,3-4,9-11H2,1-2H3,(H,18,19)/t13-/m0/s1. The average Bonchev–Trinajstić information content (AvgIpc) is 2.46. The van der Waals surface area contributed by atoms with Crippen LogP contribution in [-0.2, 0) is 0 Å². The highest BCUT2D eigenvalue weighted by molar-refractivity contribution is 5.94. The van der Waals surface area contributed by atoms with Crippen molar-refractivity contribution in [3.63, 3.8) is 0 Å². The van der Waals surface area contributed by atoms with Crippen molar-refractivity contribution in [2.24, 2.45) is 5.92 Å². The molecule has 0 unspecified atom stereocenters. The van der Waals surface area contributed by atoms with Crippen LogP contribution in [-0.4, -0.2) is 31.6 Å². The fraction of sp³-hybridized carbons (Fsp3) is 0.562. The van der Waals surface area contributed by atoms with E-state index in [-0.39, 0.29) is 11.9 Å². The lowest BCUT2D eigenvalue weighted by Gasteiger charge is -2.22. The molecule has 1 aliphatic heterocycles. The van der Waals surface area contributed by atoms with Gasteiger partial charge in [-0.25, -0.2) is 0 Å². The van der Waals surface area contributed by atoms with Crippen LogP contribution in [0.5, 0.6) is 5.75 Å². The van der Waals surface area contributed by atoms with E-state index in [0.29, 0.717) is 11.5 Å². The minimum atomic E-state index is -0.0389. The van der Waals surface area contributed by atoms with Gasteiger partial charge in [0, 0.05) is 24.1 Å². The van der Waals surface area contributed by atoms with Gasteiger partial charge in [-0.15, -0.1) is 0 Å². The van der Waals surface area contributed by atoms with Gasteiger partial charge in [-0.3, -0.25) is 4.79 Å². The second-order valence-electron chi connectivity index (χ2n) is 5.68. The van der Waals surface area contributed by atoms with Gasteiger partial charge >= 0.3 is 0 Å². The highest BCUT2D eigenvalue weighted by Crippen LogP contribution is 2.16. The molecule has 0 bridgehead atoms. The molecule has 4 nitrogen and oxygen atoms in total. The van der Waals surface area contributed by atoms with Gasteiger partial charge in [-0.05, 0) is 57.5 Å². The van der Waals surface area contributed by atoms with Gasteiger partial charge in [0.1, 0.15) is 5.75 Å². The summed E-state index contributed by atoms with van der Waals surface area (Å²) in [4.78, 5) is 11.8. The third kappa shape index (κ3) is 4.53. The van der Waals surface area contributed by atoms with E-state index in [1.54, 1.807) is 0 Å². The predicted molar refractivity (Wildman–Crippen MR) is 80.1 cm³/mol. The normalized spacial score (nSPS) is 18.9. The summed E-state index contributed by atoms with van der Waals surface area (Å²) >= 11 is 0. The van der Waals surface area contributed by atoms with Gasteiger partial charge in [0.2, 0.25) is 0 Å². The van der Waals surface area contributed by atoms with Crippen molar-refractivity contribution >= 4 is 5.91 Å². The van der Waals surface area contributed by atoms with Gasteiger partial charge in [0.05, 0.1) is 6.61 Å². The summed E-state index contributed by atoms with van der Waals surface area (Å²) in [6.45, 7) is 6.80. The van der Waals surface area contributed by atoms with Gasteiger partial charge < -0.3 is 15.4 Å². The second kappa shape index (κ2) is 7.29. The molecule has 20 heavy (non-hydrogen) atoms. The first-order valence-electron chi connectivity index (χ1n) is 7.39. The van der Waals surface area contributed by atoms with E-state index in [0.717, 1.165) is 25.4 Å². The van der Waals surface area contributed by atoms with E-state index >= 15 is 0 Å². The van der Waals surface area contributed by atoms with Crippen molar-refractivity contribution in [1.82, 2.24) is 10.6 Å². The molecule has 0 aliphatic carbocycles. The number of carbonyl (C=O) groups excluding carboxylic acids is 1. The first kappa shape index (κ1) is 14.9. The maximum atomic E-state index is 11.8. The molecule has 1 atom stereocenters. The Hall–Kier alpha value is -1.55. The molecule has 1 aromatic rings. The van der Waals surface area contributed by atoms with E-state index in [2.05, 4.69) is 10.6 Å². The number of amides is 1. The maximum Gasteiger partial charge on any atom is 0.251 e. The van der Waals surface area contributed by atoms with Gasteiger partial charge in [-0.1, -0.05) is 0 Å². The molecule has 0 aromatic heterocycles. The smallest absolute Gasteiger partial charge is 0.251 e. The molecule has 1 fully saturated rings. The molecule has 0 spiro atoms. The summed E-state index contributed by atoms with van der Waals surface area (Å²) < 4.78 is 5.79. The van der Waals surface area contributed by atoms with Crippen LogP contribution in [0, 0.1) is 5.92 Å². The van der Waals surface area contributed by atoms with Gasteiger partial charge in [-0.2, -0.15) is 0 Å². The molecule has 110 valence electrons. The van der Waals surface area contributed by atoms with Crippen LogP contribution in [0.1, 0.15) is 37.0 Å². The number of nitrogens with one attached hydrogen (secondary N) is 2. The number of piperidine rings is 1. The summed E-state index contributed by atoms with van der Waals surface area (Å²) in [7, 11) is 0. The van der Waals surface area contributed by atoms with E-state index < -0.39 is 0 Å². The van der Waals surface area contributed by atoms with Crippen molar-refractivity contribution in [1.29, 1.82) is 0 Å². The van der Waals surface area contributed by atoms with E-state index in [1.807, 2.05) is 38.1 Å². The Kier molecular flexibility index (Phi) is 5.41. The van der Waals surface area contributed by atoms with E-state index in [4.69, 9.17) is 4.74 Å². The summed E-state index contributed by atoms with van der Waals surface area (Å²) in [5, 5.41) is 6.25. The molecule has 0 saturated carbocycles. The number of benzene rings is 1. The van der Waals surface area contributed by atoms with E-state index in [1.165, 1.54) is 12.8 Å². The second-order valence-corrected chi connectivity index (χ2v) is 5.68. The zero-order chi connectivity index (χ0) is 14.4. The Bertz CT molecular complexity index is 423. The lowest BCUT2D eigenvalue weighted by molar-refractivity contribution is 0.0943. The molecular formula is C16H24N2O2. The van der Waals surface area contributed by atoms with Crippen LogP contribution >= 0.6 is 0 Å². The third-order valence-corrected chi connectivity index (χ3v) is 3.42. The number of rotatable bonds is 5. The molecule has 4 heteroatoms. The first-order valence-corrected chi connectivity index (χ1v) is 7.39. The van der Waals surface area contributed by atoms with Gasteiger partial charge in [0.15, 0.2) is 0 Å². The Balaban J connectivity index is 1.83. The number of ether oxygens (including phenoxy) is 1. The fourth-order valence-electron chi connectivity index (χ4n) is 2.33. The van der Waals surface area contributed by atoms with E-state index in [9.17, 15) is 4.79 Å². The summed E-state index contributed by atoms with van der Waals surface area (Å²) in [5.74, 6) is 1.38. The minimum absolute atomic E-state index is 0.0389. The summed E-state index contributed by atoms with van der Waals surface area (Å²) in [6.07, 6.45) is 2.45. The lowest BCUT2D eigenvalue weighted by Crippen LogP contribution is -2.33. The Morgan fingerprint density at radius 3 is 2.75 bits per heavy atom. The van der Waals surface area contributed by atoms with Crippen LogP contribution in [0.3, 0.4) is 0 Å². The highest BCUT2D eigenvalue weighted by Gasteiger charge is 2.13. The largest absolute Gasteiger partial charge is 0.493 e. The zero-order valence-electron chi connectivity index (χ0n) is 12.3. The minimum Gasteiger partial charge on any atom is -0.493 e. The van der Waals surface area contributed by atoms with Crippen LogP contribution < -0.4 is 15.4 Å². The molecule has 1 aliphatic rings. The van der Waals surface area contributed by atoms with Crippen molar-refractivity contribution in [2.75, 3.05) is 19.7 Å². The third-order valence-electron chi connectivity index (χ3n) is 3.42. The Labute approximate surface area is 120 Å². The quantitative estimate of drug-likeness (QED) is 0.867. The summed E-state index contributed by atoms with van der Waals surface area (Å²) in [5.41, 5.74) is 0.672. The Morgan fingerprint density at radius 1 is 1.40 bits per heavy atom. The average molecular weight is 276 g/mol. The SMILES string of the molecule is CC(C)NC(=O)c1ccc(OC[C@H]2CCCNC2)cc1. The first-order chi connectivity index (χ1) is 9.65. The predicted octanol–water partition coefficient (Wildman–Crippen LogP) is 2.20. The van der Waals surface area contributed by atoms with Crippen LogP contribution in [0.15, 0.2) is 24.3 Å². The molecule has 1 aromatic carbocycles. The van der Waals surface area contributed by atoms with Crippen molar-refractivity contribution in [2.45, 2.75) is 32.7 Å². The molecule has 1 amide bonds. The van der Waals surface area contributed by atoms with Crippen molar-refractivity contribution < 1.29 is 9.53 Å². The topological polar surface area (TPSA) is 50.4 Å². The van der Waals surface area contributed by atoms with Crippen molar-refractivity contribution in [3.8, 4) is 5.75 Å². The lowest BCUT2D eigenvalue weighted by atomic mass is 10.0. The monoisotopic (exact) mass is 276 g/mol. The summed E-state index contributed by atoms with van der Waals surface area (Å²) in [6, 6.07) is 7.51. The number of hydrogen-bond acceptors (Lipinski definition) is 3. The van der Waals surface area contributed by atoms with Crippen molar-refractivity contribution in [3.05, 3.63) is 29.8 Å². The molecule has 0 radical (unpaired) electrons. The maximum absolute atomic E-state index is 11.8. The molecule has 2 N–H and O–H groups in total. The number of hydrogen-bond donors (Lipinski definition) is 2. The highest BCUT2D eigenvalue weighted by atomic mass is 16.5. The van der Waals surface area contributed by atoms with Crippen LogP contribution in [0.25, 0.3) is 0 Å². The van der Waals surface area contributed by atoms with Gasteiger partial charge in [0.25, 0.3) is 5.91 Å². The molecule has 1 heterocycles. The zero-order valence-corrected chi connectivity index (χ0v) is 12.3. The number of carbonyl (C=O) groups is 1. The van der Waals surface area contributed by atoms with Crippen LogP contribution in [0.2, 0.25) is 0 Å².